The van der Waals surface area contributed by atoms with E-state index in [9.17, 15) is 19.5 Å². The molecule has 3 fully saturated rings. The summed E-state index contributed by atoms with van der Waals surface area (Å²) in [5.41, 5.74) is 0.707. The Morgan fingerprint density at radius 2 is 1.77 bits per heavy atom. The number of ether oxygens (including phenoxy) is 1. The molecule has 7 atom stereocenters. The van der Waals surface area contributed by atoms with Crippen molar-refractivity contribution in [2.45, 2.75) is 88.4 Å². The van der Waals surface area contributed by atoms with Crippen LogP contribution in [0.25, 0.3) is 0 Å². The van der Waals surface area contributed by atoms with Crippen LogP contribution in [0.4, 0.5) is 5.69 Å². The number of aliphatic hydroxyl groups is 1. The lowest BCUT2D eigenvalue weighted by atomic mass is 9.66. The first-order valence-electron chi connectivity index (χ1n) is 15.7. The first-order chi connectivity index (χ1) is 20.5. The van der Waals surface area contributed by atoms with Crippen LogP contribution in [0.3, 0.4) is 0 Å². The third kappa shape index (κ3) is 5.52. The van der Waals surface area contributed by atoms with Crippen LogP contribution in [0.5, 0.6) is 5.75 Å². The summed E-state index contributed by atoms with van der Waals surface area (Å²) in [5, 5.41) is 10.6. The van der Waals surface area contributed by atoms with E-state index in [1.807, 2.05) is 58.9 Å². The number of rotatable bonds is 14. The molecule has 1 aromatic carbocycles. The van der Waals surface area contributed by atoms with E-state index in [1.54, 1.807) is 38.6 Å². The Kier molecular flexibility index (Phi) is 10.1. The lowest BCUT2D eigenvalue weighted by Gasteiger charge is -2.42. The van der Waals surface area contributed by atoms with Gasteiger partial charge in [-0.25, -0.2) is 0 Å². The first kappa shape index (κ1) is 33.1. The van der Waals surface area contributed by atoms with Crippen LogP contribution in [0, 0.1) is 17.8 Å². The van der Waals surface area contributed by atoms with Gasteiger partial charge in [0.05, 0.1) is 35.8 Å². The summed E-state index contributed by atoms with van der Waals surface area (Å²) in [6.45, 7) is 20.7. The summed E-state index contributed by atoms with van der Waals surface area (Å²) in [7, 11) is 0. The van der Waals surface area contributed by atoms with Crippen molar-refractivity contribution in [1.82, 2.24) is 9.80 Å². The molecule has 1 spiro atoms. The molecule has 9 heteroatoms. The van der Waals surface area contributed by atoms with E-state index in [1.165, 1.54) is 0 Å². The molecule has 4 rings (SSSR count). The number of thioether (sulfide) groups is 1. The van der Waals surface area contributed by atoms with Gasteiger partial charge in [-0.1, -0.05) is 32.4 Å². The predicted octanol–water partition coefficient (Wildman–Crippen LogP) is 4.92. The minimum atomic E-state index is -0.776. The summed E-state index contributed by atoms with van der Waals surface area (Å²) < 4.78 is 4.33. The fourth-order valence-electron chi connectivity index (χ4n) is 7.55. The molecular formula is C34H49N3O5S. The topological polar surface area (TPSA) is 90.4 Å². The molecule has 1 aromatic rings. The second-order valence-electron chi connectivity index (χ2n) is 12.6. The SMILES string of the molecule is C=CCN(C(=O)[C@@H]1[C@H]2C(=O)N([C@@H](CO)[C@@H](C)CC)C(C(=O)N(CC=C)C(C)C)C23CC[C@@]1(C)S3)c1ccc(OCC)cc1. The van der Waals surface area contributed by atoms with E-state index in [4.69, 9.17) is 4.74 Å². The van der Waals surface area contributed by atoms with Crippen molar-refractivity contribution in [3.63, 3.8) is 0 Å². The molecule has 1 N–H and O–H groups in total. The van der Waals surface area contributed by atoms with E-state index >= 15 is 0 Å². The lowest BCUT2D eigenvalue weighted by Crippen LogP contribution is -2.59. The minimum Gasteiger partial charge on any atom is -0.494 e. The molecule has 43 heavy (non-hydrogen) atoms. The quantitative estimate of drug-likeness (QED) is 0.301. The number of hydrogen-bond acceptors (Lipinski definition) is 6. The highest BCUT2D eigenvalue weighted by Crippen LogP contribution is 2.72. The molecule has 3 heterocycles. The van der Waals surface area contributed by atoms with E-state index in [0.717, 1.165) is 18.6 Å². The number of fused-ring (bicyclic) bond motifs is 1. The van der Waals surface area contributed by atoms with Crippen LogP contribution in [0.15, 0.2) is 49.6 Å². The number of anilines is 1. The summed E-state index contributed by atoms with van der Waals surface area (Å²) in [6.07, 6.45) is 5.53. The van der Waals surface area contributed by atoms with Gasteiger partial charge in [0.25, 0.3) is 0 Å². The molecule has 8 nitrogen and oxygen atoms in total. The zero-order valence-corrected chi connectivity index (χ0v) is 27.4. The van der Waals surface area contributed by atoms with Gasteiger partial charge in [-0.3, -0.25) is 14.4 Å². The van der Waals surface area contributed by atoms with E-state index in [0.29, 0.717) is 25.3 Å². The van der Waals surface area contributed by atoms with Crippen LogP contribution in [-0.4, -0.2) is 86.6 Å². The van der Waals surface area contributed by atoms with Crippen molar-refractivity contribution < 1.29 is 24.2 Å². The Balaban J connectivity index is 1.83. The molecule has 236 valence electrons. The highest BCUT2D eigenvalue weighted by molar-refractivity contribution is 8.02. The van der Waals surface area contributed by atoms with Gasteiger partial charge in [0.1, 0.15) is 11.8 Å². The van der Waals surface area contributed by atoms with E-state index in [-0.39, 0.29) is 42.8 Å². The Bertz CT molecular complexity index is 1220. The number of nitrogens with zero attached hydrogens (tertiary/aromatic N) is 3. The van der Waals surface area contributed by atoms with Gasteiger partial charge in [-0.05, 0) is 70.7 Å². The normalized spacial score (nSPS) is 28.9. The number of carbonyl (C=O) groups is 3. The second-order valence-corrected chi connectivity index (χ2v) is 14.5. The molecule has 3 amide bonds. The van der Waals surface area contributed by atoms with Gasteiger partial charge < -0.3 is 24.5 Å². The number of benzene rings is 1. The highest BCUT2D eigenvalue weighted by atomic mass is 32.2. The van der Waals surface area contributed by atoms with Gasteiger partial charge in [-0.15, -0.1) is 24.9 Å². The van der Waals surface area contributed by atoms with Crippen molar-refractivity contribution in [2.75, 3.05) is 31.2 Å². The fourth-order valence-corrected chi connectivity index (χ4v) is 9.88. The fraction of sp³-hybridized carbons (Fsp3) is 0.618. The second kappa shape index (κ2) is 13.1. The standard InChI is InChI=1S/C34H49N3O5S/c1-9-19-35(22(5)6)32(41)29-34-18-17-33(8,43-34)27(28(34)31(40)37(29)26(21-38)23(7)11-3)30(39)36(20-10-2)24-13-15-25(16-14-24)42-12-4/h9-10,13-16,22-23,26-29,38H,1-2,11-12,17-21H2,3-8H3/t23-,26-,27-,28-,29?,33+,34?/m0/s1. The van der Waals surface area contributed by atoms with Gasteiger partial charge in [0.15, 0.2) is 0 Å². The van der Waals surface area contributed by atoms with E-state index < -0.39 is 33.4 Å². The van der Waals surface area contributed by atoms with Crippen LogP contribution < -0.4 is 9.64 Å². The number of likely N-dealkylation sites (tertiary alicyclic amines) is 1. The molecule has 3 saturated heterocycles. The summed E-state index contributed by atoms with van der Waals surface area (Å²) >= 11 is 1.66. The first-order valence-corrected chi connectivity index (χ1v) is 16.5. The third-order valence-corrected chi connectivity index (χ3v) is 11.8. The minimum absolute atomic E-state index is 0.0283. The molecule has 0 aromatic heterocycles. The monoisotopic (exact) mass is 611 g/mol. The molecular weight excluding hydrogens is 562 g/mol. The maximum atomic E-state index is 14.8. The summed E-state index contributed by atoms with van der Waals surface area (Å²) in [4.78, 5) is 49.2. The Morgan fingerprint density at radius 1 is 1.12 bits per heavy atom. The number of carbonyl (C=O) groups excluding carboxylic acids is 3. The van der Waals surface area contributed by atoms with Crippen LogP contribution >= 0.6 is 11.8 Å². The number of amides is 3. The van der Waals surface area contributed by atoms with Crippen molar-refractivity contribution in [1.29, 1.82) is 0 Å². The Labute approximate surface area is 261 Å². The van der Waals surface area contributed by atoms with Crippen LogP contribution in [0.1, 0.15) is 60.8 Å². The average molecular weight is 612 g/mol. The molecule has 3 aliphatic rings. The average Bonchev–Trinajstić information content (AvgIpc) is 3.55. The van der Waals surface area contributed by atoms with Gasteiger partial charge >= 0.3 is 0 Å². The Hall–Kier alpha value is -2.78. The molecule has 2 bridgehead atoms. The lowest BCUT2D eigenvalue weighted by molar-refractivity contribution is -0.147. The third-order valence-electron chi connectivity index (χ3n) is 9.83. The summed E-state index contributed by atoms with van der Waals surface area (Å²) in [6, 6.07) is 6.01. The number of aliphatic hydroxyl groups excluding tert-OH is 1. The van der Waals surface area contributed by atoms with Crippen LogP contribution in [-0.2, 0) is 14.4 Å². The number of hydrogen-bond donors (Lipinski definition) is 1. The maximum Gasteiger partial charge on any atom is 0.247 e. The molecule has 0 saturated carbocycles. The molecule has 3 aliphatic heterocycles. The molecule has 0 radical (unpaired) electrons. The van der Waals surface area contributed by atoms with E-state index in [2.05, 4.69) is 20.1 Å². The smallest absolute Gasteiger partial charge is 0.247 e. The van der Waals surface area contributed by atoms with Crippen molar-refractivity contribution in [3.05, 3.63) is 49.6 Å². The molecule has 0 aliphatic carbocycles. The van der Waals surface area contributed by atoms with Crippen molar-refractivity contribution in [3.8, 4) is 5.75 Å². The summed E-state index contributed by atoms with van der Waals surface area (Å²) in [5.74, 6) is -1.08. The maximum absolute atomic E-state index is 14.8. The van der Waals surface area contributed by atoms with Gasteiger partial charge in [0, 0.05) is 29.6 Å². The van der Waals surface area contributed by atoms with Crippen molar-refractivity contribution in [2.24, 2.45) is 17.8 Å². The molecule has 2 unspecified atom stereocenters. The zero-order chi connectivity index (χ0) is 31.7. The largest absolute Gasteiger partial charge is 0.494 e. The van der Waals surface area contributed by atoms with Gasteiger partial charge in [0.2, 0.25) is 17.7 Å². The predicted molar refractivity (Wildman–Crippen MR) is 173 cm³/mol. The zero-order valence-electron chi connectivity index (χ0n) is 26.6. The van der Waals surface area contributed by atoms with Crippen LogP contribution in [0.2, 0.25) is 0 Å². The highest BCUT2D eigenvalue weighted by Gasteiger charge is 2.78. The van der Waals surface area contributed by atoms with Crippen molar-refractivity contribution >= 4 is 35.2 Å². The Morgan fingerprint density at radius 3 is 2.30 bits per heavy atom. The van der Waals surface area contributed by atoms with Gasteiger partial charge in [-0.2, -0.15) is 0 Å².